The molecule has 2 atom stereocenters. The number of hydrogen-bond donors (Lipinski definition) is 1. The van der Waals surface area contributed by atoms with Crippen LogP contribution in [-0.4, -0.2) is 18.1 Å². The second-order valence-electron chi connectivity index (χ2n) is 6.72. The highest BCUT2D eigenvalue weighted by Gasteiger charge is 2.27. The van der Waals surface area contributed by atoms with Crippen LogP contribution in [0.4, 0.5) is 0 Å². The second-order valence-corrected chi connectivity index (χ2v) is 6.72. The smallest absolute Gasteiger partial charge is 0.0406 e. The van der Waals surface area contributed by atoms with Crippen molar-refractivity contribution in [2.24, 2.45) is 17.8 Å². The van der Waals surface area contributed by atoms with Gasteiger partial charge in [0.1, 0.15) is 0 Å². The van der Waals surface area contributed by atoms with Crippen LogP contribution in [0, 0.1) is 17.8 Å². The molecule has 1 N–H and O–H groups in total. The van der Waals surface area contributed by atoms with E-state index < -0.39 is 0 Å². The predicted octanol–water partition coefficient (Wildman–Crippen LogP) is 3.85. The summed E-state index contributed by atoms with van der Waals surface area (Å²) in [4.78, 5) is 4.64. The van der Waals surface area contributed by atoms with Gasteiger partial charge in [0.25, 0.3) is 0 Å². The summed E-state index contributed by atoms with van der Waals surface area (Å²) in [6, 6.07) is 4.47. The standard InChI is InChI=1S/C18H30N2/c1-4-15-8-9-18(20-12-15)10-16-6-5-7-17(16)13-19-11-14(2)3/h8-9,12,14,16-17,19H,4-7,10-11,13H2,1-3H3. The first-order valence-corrected chi connectivity index (χ1v) is 8.33. The molecule has 1 fully saturated rings. The summed E-state index contributed by atoms with van der Waals surface area (Å²) in [5.74, 6) is 2.43. The molecule has 0 aromatic carbocycles. The Morgan fingerprint density at radius 2 is 2.05 bits per heavy atom. The second kappa shape index (κ2) is 7.78. The molecular weight excluding hydrogens is 244 g/mol. The van der Waals surface area contributed by atoms with Crippen molar-refractivity contribution >= 4 is 0 Å². The number of nitrogens with one attached hydrogen (secondary N) is 1. The molecule has 2 nitrogen and oxygen atoms in total. The summed E-state index contributed by atoms with van der Waals surface area (Å²) in [7, 11) is 0. The lowest BCUT2D eigenvalue weighted by molar-refractivity contribution is 0.355. The van der Waals surface area contributed by atoms with Crippen molar-refractivity contribution in [3.63, 3.8) is 0 Å². The molecule has 0 spiro atoms. The Morgan fingerprint density at radius 1 is 1.25 bits per heavy atom. The minimum Gasteiger partial charge on any atom is -0.316 e. The van der Waals surface area contributed by atoms with E-state index in [2.05, 4.69) is 49.4 Å². The molecule has 2 rings (SSSR count). The molecule has 20 heavy (non-hydrogen) atoms. The van der Waals surface area contributed by atoms with Crippen molar-refractivity contribution in [2.75, 3.05) is 13.1 Å². The van der Waals surface area contributed by atoms with Crippen molar-refractivity contribution in [3.8, 4) is 0 Å². The minimum absolute atomic E-state index is 0.748. The van der Waals surface area contributed by atoms with E-state index in [0.29, 0.717) is 0 Å². The van der Waals surface area contributed by atoms with Gasteiger partial charge in [-0.05, 0) is 68.2 Å². The lowest BCUT2D eigenvalue weighted by Gasteiger charge is -2.20. The van der Waals surface area contributed by atoms with Crippen LogP contribution in [0.1, 0.15) is 51.3 Å². The van der Waals surface area contributed by atoms with Crippen LogP contribution in [0.25, 0.3) is 0 Å². The van der Waals surface area contributed by atoms with E-state index >= 15 is 0 Å². The predicted molar refractivity (Wildman–Crippen MR) is 85.9 cm³/mol. The SMILES string of the molecule is CCc1ccc(CC2CCCC2CNCC(C)C)nc1. The van der Waals surface area contributed by atoms with Crippen molar-refractivity contribution in [1.29, 1.82) is 0 Å². The zero-order valence-electron chi connectivity index (χ0n) is 13.4. The summed E-state index contributed by atoms with van der Waals surface area (Å²) >= 11 is 0. The van der Waals surface area contributed by atoms with Gasteiger partial charge in [-0.2, -0.15) is 0 Å². The average molecular weight is 274 g/mol. The van der Waals surface area contributed by atoms with Crippen LogP contribution in [-0.2, 0) is 12.8 Å². The molecule has 0 saturated heterocycles. The van der Waals surface area contributed by atoms with Gasteiger partial charge in [-0.3, -0.25) is 4.98 Å². The highest BCUT2D eigenvalue weighted by Crippen LogP contribution is 2.33. The molecular formula is C18H30N2. The number of rotatable bonds is 7. The molecule has 2 heteroatoms. The average Bonchev–Trinajstić information content (AvgIpc) is 2.87. The molecule has 1 aliphatic carbocycles. The van der Waals surface area contributed by atoms with E-state index in [1.54, 1.807) is 0 Å². The lowest BCUT2D eigenvalue weighted by atomic mass is 9.91. The first kappa shape index (κ1) is 15.5. The van der Waals surface area contributed by atoms with Crippen LogP contribution in [0.5, 0.6) is 0 Å². The van der Waals surface area contributed by atoms with Gasteiger partial charge in [0.2, 0.25) is 0 Å². The Labute approximate surface area is 124 Å². The zero-order valence-corrected chi connectivity index (χ0v) is 13.4. The largest absolute Gasteiger partial charge is 0.316 e. The number of aryl methyl sites for hydroxylation is 1. The van der Waals surface area contributed by atoms with Crippen LogP contribution in [0.15, 0.2) is 18.3 Å². The van der Waals surface area contributed by atoms with Gasteiger partial charge < -0.3 is 5.32 Å². The summed E-state index contributed by atoms with van der Waals surface area (Å²) in [6.07, 6.45) is 8.46. The van der Waals surface area contributed by atoms with Crippen molar-refractivity contribution in [2.45, 2.75) is 52.9 Å². The first-order valence-electron chi connectivity index (χ1n) is 8.33. The fraction of sp³-hybridized carbons (Fsp3) is 0.722. The lowest BCUT2D eigenvalue weighted by Crippen LogP contribution is -2.29. The van der Waals surface area contributed by atoms with Crippen molar-refractivity contribution in [3.05, 3.63) is 29.6 Å². The first-order chi connectivity index (χ1) is 9.69. The van der Waals surface area contributed by atoms with E-state index in [1.165, 1.54) is 37.1 Å². The summed E-state index contributed by atoms with van der Waals surface area (Å²) in [5.41, 5.74) is 2.62. The highest BCUT2D eigenvalue weighted by molar-refractivity contribution is 5.14. The summed E-state index contributed by atoms with van der Waals surface area (Å²) in [6.45, 7) is 9.07. The van der Waals surface area contributed by atoms with Crippen molar-refractivity contribution < 1.29 is 0 Å². The molecule has 0 aliphatic heterocycles. The fourth-order valence-corrected chi connectivity index (χ4v) is 3.26. The van der Waals surface area contributed by atoms with Gasteiger partial charge in [-0.25, -0.2) is 0 Å². The maximum absolute atomic E-state index is 4.64. The van der Waals surface area contributed by atoms with Gasteiger partial charge in [0.05, 0.1) is 0 Å². The number of aromatic nitrogens is 1. The quantitative estimate of drug-likeness (QED) is 0.817. The molecule has 1 aromatic rings. The third-order valence-electron chi connectivity index (χ3n) is 4.54. The van der Waals surface area contributed by atoms with Crippen LogP contribution in [0.3, 0.4) is 0 Å². The van der Waals surface area contributed by atoms with Crippen LogP contribution >= 0.6 is 0 Å². The Hall–Kier alpha value is -0.890. The third-order valence-corrected chi connectivity index (χ3v) is 4.54. The van der Waals surface area contributed by atoms with E-state index in [4.69, 9.17) is 0 Å². The molecule has 0 amide bonds. The summed E-state index contributed by atoms with van der Waals surface area (Å²) in [5, 5.41) is 3.64. The third kappa shape index (κ3) is 4.59. The maximum atomic E-state index is 4.64. The monoisotopic (exact) mass is 274 g/mol. The molecule has 0 bridgehead atoms. The zero-order chi connectivity index (χ0) is 14.4. The highest BCUT2D eigenvalue weighted by atomic mass is 14.9. The molecule has 1 aliphatic rings. The van der Waals surface area contributed by atoms with Crippen LogP contribution in [0.2, 0.25) is 0 Å². The van der Waals surface area contributed by atoms with E-state index in [1.807, 2.05) is 0 Å². The summed E-state index contributed by atoms with van der Waals surface area (Å²) < 4.78 is 0. The molecule has 2 unspecified atom stereocenters. The Kier molecular flexibility index (Phi) is 6.03. The van der Waals surface area contributed by atoms with Crippen molar-refractivity contribution in [1.82, 2.24) is 10.3 Å². The molecule has 112 valence electrons. The van der Waals surface area contributed by atoms with E-state index in [-0.39, 0.29) is 0 Å². The molecule has 1 heterocycles. The van der Waals surface area contributed by atoms with Gasteiger partial charge in [-0.15, -0.1) is 0 Å². The van der Waals surface area contributed by atoms with Gasteiger partial charge in [0.15, 0.2) is 0 Å². The maximum Gasteiger partial charge on any atom is 0.0406 e. The Balaban J connectivity index is 1.83. The van der Waals surface area contributed by atoms with E-state index in [9.17, 15) is 0 Å². The Bertz CT molecular complexity index is 383. The van der Waals surface area contributed by atoms with Gasteiger partial charge in [0, 0.05) is 11.9 Å². The van der Waals surface area contributed by atoms with Gasteiger partial charge in [-0.1, -0.05) is 33.3 Å². The number of pyridine rings is 1. The minimum atomic E-state index is 0.748. The molecule has 1 saturated carbocycles. The molecule has 0 radical (unpaired) electrons. The number of hydrogen-bond acceptors (Lipinski definition) is 2. The molecule has 1 aromatic heterocycles. The number of nitrogens with zero attached hydrogens (tertiary/aromatic N) is 1. The van der Waals surface area contributed by atoms with Crippen LogP contribution < -0.4 is 5.32 Å². The normalized spacial score (nSPS) is 22.6. The fourth-order valence-electron chi connectivity index (χ4n) is 3.26. The van der Waals surface area contributed by atoms with Gasteiger partial charge >= 0.3 is 0 Å². The topological polar surface area (TPSA) is 24.9 Å². The van der Waals surface area contributed by atoms with E-state index in [0.717, 1.165) is 37.1 Å². The Morgan fingerprint density at radius 3 is 2.70 bits per heavy atom.